The molecular weight excluding hydrogens is 183 g/mol. The number of hydrogen-bond acceptors (Lipinski definition) is 2. The zero-order valence-corrected chi connectivity index (χ0v) is 7.04. The third-order valence-electron chi connectivity index (χ3n) is 1.45. The summed E-state index contributed by atoms with van der Waals surface area (Å²) in [6, 6.07) is 5.65. The summed E-state index contributed by atoms with van der Waals surface area (Å²) in [6.07, 6.45) is 0. The molecule has 1 amide bonds. The average molecular weight is 188 g/mol. The Kier molecular flexibility index (Phi) is 2.83. The summed E-state index contributed by atoms with van der Waals surface area (Å²) in [5.41, 5.74) is 4.76. The fourth-order valence-electron chi connectivity index (χ4n) is 0.871. The van der Waals surface area contributed by atoms with Crippen LogP contribution in [0.5, 0.6) is 0 Å². The van der Waals surface area contributed by atoms with Crippen LogP contribution in [0.4, 0.5) is 4.39 Å². The molecule has 0 radical (unpaired) electrons. The van der Waals surface area contributed by atoms with E-state index in [-0.39, 0.29) is 11.1 Å². The van der Waals surface area contributed by atoms with E-state index >= 15 is 0 Å². The highest BCUT2D eigenvalue weighted by Crippen LogP contribution is 2.10. The van der Waals surface area contributed by atoms with Crippen LogP contribution in [-0.4, -0.2) is 5.91 Å². The number of nitriles is 1. The number of halogens is 1. The molecule has 0 aromatic heterocycles. The van der Waals surface area contributed by atoms with Crippen molar-refractivity contribution in [3.05, 3.63) is 35.1 Å². The predicted molar refractivity (Wildman–Crippen MR) is 47.2 cm³/mol. The Morgan fingerprint density at radius 2 is 2.21 bits per heavy atom. The van der Waals surface area contributed by atoms with Crippen LogP contribution in [0.3, 0.4) is 0 Å². The van der Waals surface area contributed by atoms with E-state index in [1.165, 1.54) is 12.1 Å². The van der Waals surface area contributed by atoms with E-state index in [2.05, 4.69) is 5.92 Å². The lowest BCUT2D eigenvalue weighted by molar-refractivity contribution is -0.112. The minimum absolute atomic E-state index is 0.159. The zero-order valence-electron chi connectivity index (χ0n) is 7.04. The lowest BCUT2D eigenvalue weighted by Crippen LogP contribution is -2.06. The lowest BCUT2D eigenvalue weighted by atomic mass is 10.1. The van der Waals surface area contributed by atoms with E-state index in [1.54, 1.807) is 6.07 Å². The van der Waals surface area contributed by atoms with Gasteiger partial charge in [0.1, 0.15) is 17.4 Å². The second-order valence-corrected chi connectivity index (χ2v) is 2.39. The standard InChI is InChI=1S/C10H5FN2O/c11-9-3-1-2-7(8(9)6-12)4-5-10(13)14/h1-3H,(H2,13,14). The monoisotopic (exact) mass is 188 g/mol. The molecule has 0 bridgehead atoms. The van der Waals surface area contributed by atoms with Crippen LogP contribution in [0.1, 0.15) is 11.1 Å². The Morgan fingerprint density at radius 3 is 2.79 bits per heavy atom. The normalized spacial score (nSPS) is 8.29. The van der Waals surface area contributed by atoms with Gasteiger partial charge < -0.3 is 5.73 Å². The fourth-order valence-corrected chi connectivity index (χ4v) is 0.871. The molecule has 0 aliphatic carbocycles. The number of amides is 1. The van der Waals surface area contributed by atoms with Crippen molar-refractivity contribution < 1.29 is 9.18 Å². The van der Waals surface area contributed by atoms with Crippen molar-refractivity contribution in [2.24, 2.45) is 5.73 Å². The van der Waals surface area contributed by atoms with Gasteiger partial charge in [-0.1, -0.05) is 12.0 Å². The summed E-state index contributed by atoms with van der Waals surface area (Å²) in [4.78, 5) is 10.3. The summed E-state index contributed by atoms with van der Waals surface area (Å²) in [6.45, 7) is 0. The number of rotatable bonds is 0. The minimum atomic E-state index is -0.821. The fraction of sp³-hybridized carbons (Fsp3) is 0. The molecule has 1 rings (SSSR count). The number of benzene rings is 1. The Morgan fingerprint density at radius 1 is 1.50 bits per heavy atom. The van der Waals surface area contributed by atoms with Gasteiger partial charge in [-0.2, -0.15) is 5.26 Å². The van der Waals surface area contributed by atoms with Crippen LogP contribution in [0.25, 0.3) is 0 Å². The number of primary amides is 1. The van der Waals surface area contributed by atoms with Crippen molar-refractivity contribution in [2.45, 2.75) is 0 Å². The highest BCUT2D eigenvalue weighted by molar-refractivity contribution is 5.92. The van der Waals surface area contributed by atoms with Crippen LogP contribution >= 0.6 is 0 Å². The lowest BCUT2D eigenvalue weighted by Gasteiger charge is -1.94. The molecule has 0 aliphatic rings. The van der Waals surface area contributed by atoms with Crippen molar-refractivity contribution in [1.29, 1.82) is 5.26 Å². The molecule has 0 unspecified atom stereocenters. The van der Waals surface area contributed by atoms with Crippen molar-refractivity contribution >= 4 is 5.91 Å². The van der Waals surface area contributed by atoms with Crippen LogP contribution in [0.2, 0.25) is 0 Å². The number of carbonyl (C=O) groups excluding carboxylic acids is 1. The van der Waals surface area contributed by atoms with Gasteiger partial charge in [0.2, 0.25) is 0 Å². The molecule has 0 fully saturated rings. The number of carbonyl (C=O) groups is 1. The second kappa shape index (κ2) is 4.06. The molecule has 3 nitrogen and oxygen atoms in total. The van der Waals surface area contributed by atoms with E-state index in [0.29, 0.717) is 0 Å². The molecular formula is C10H5FN2O. The van der Waals surface area contributed by atoms with Gasteiger partial charge in [-0.05, 0) is 12.1 Å². The Balaban J connectivity index is 3.25. The summed E-state index contributed by atoms with van der Waals surface area (Å²) >= 11 is 0. The van der Waals surface area contributed by atoms with Crippen molar-refractivity contribution in [3.8, 4) is 17.9 Å². The van der Waals surface area contributed by atoms with E-state index in [4.69, 9.17) is 11.0 Å². The zero-order chi connectivity index (χ0) is 10.6. The Labute approximate surface area is 79.9 Å². The topological polar surface area (TPSA) is 66.9 Å². The molecule has 4 heteroatoms. The Hall–Kier alpha value is -2.33. The van der Waals surface area contributed by atoms with Crippen molar-refractivity contribution in [1.82, 2.24) is 0 Å². The predicted octanol–water partition coefficient (Wildman–Crippen LogP) is 0.534. The van der Waals surface area contributed by atoms with Crippen LogP contribution in [0.15, 0.2) is 18.2 Å². The maximum absolute atomic E-state index is 13.0. The van der Waals surface area contributed by atoms with Crippen molar-refractivity contribution in [3.63, 3.8) is 0 Å². The first-order valence-electron chi connectivity index (χ1n) is 3.65. The maximum Gasteiger partial charge on any atom is 0.293 e. The molecule has 0 spiro atoms. The van der Waals surface area contributed by atoms with Crippen LogP contribution in [-0.2, 0) is 4.79 Å². The van der Waals surface area contributed by atoms with Gasteiger partial charge in [-0.15, -0.1) is 0 Å². The average Bonchev–Trinajstić information content (AvgIpc) is 2.14. The molecule has 68 valence electrons. The van der Waals surface area contributed by atoms with Crippen LogP contribution < -0.4 is 5.73 Å². The largest absolute Gasteiger partial charge is 0.359 e. The van der Waals surface area contributed by atoms with E-state index in [0.717, 1.165) is 6.07 Å². The SMILES string of the molecule is N#Cc1c(F)cccc1C#CC(N)=O. The molecule has 1 aromatic rings. The van der Waals surface area contributed by atoms with Gasteiger partial charge in [-0.3, -0.25) is 4.79 Å². The first kappa shape index (κ1) is 9.76. The highest BCUT2D eigenvalue weighted by atomic mass is 19.1. The summed E-state index contributed by atoms with van der Waals surface area (Å²) in [5, 5.41) is 8.59. The van der Waals surface area contributed by atoms with E-state index in [1.807, 2.05) is 5.92 Å². The molecule has 0 heterocycles. The van der Waals surface area contributed by atoms with Crippen molar-refractivity contribution in [2.75, 3.05) is 0 Å². The number of nitrogens with zero attached hydrogens (tertiary/aromatic N) is 1. The molecule has 14 heavy (non-hydrogen) atoms. The quantitative estimate of drug-likeness (QED) is 0.603. The molecule has 0 saturated heterocycles. The van der Waals surface area contributed by atoms with E-state index in [9.17, 15) is 9.18 Å². The van der Waals surface area contributed by atoms with Gasteiger partial charge >= 0.3 is 0 Å². The minimum Gasteiger partial charge on any atom is -0.359 e. The third kappa shape index (κ3) is 2.09. The maximum atomic E-state index is 13.0. The number of hydrogen-bond donors (Lipinski definition) is 1. The summed E-state index contributed by atoms with van der Waals surface area (Å²) in [7, 11) is 0. The van der Waals surface area contributed by atoms with Gasteiger partial charge in [-0.25, -0.2) is 4.39 Å². The summed E-state index contributed by atoms with van der Waals surface area (Å²) < 4.78 is 13.0. The van der Waals surface area contributed by atoms with Crippen LogP contribution in [0, 0.1) is 29.0 Å². The Bertz CT molecular complexity index is 477. The smallest absolute Gasteiger partial charge is 0.293 e. The molecule has 1 aromatic carbocycles. The van der Waals surface area contributed by atoms with Gasteiger partial charge in [0, 0.05) is 11.5 Å². The second-order valence-electron chi connectivity index (χ2n) is 2.39. The first-order chi connectivity index (χ1) is 6.65. The van der Waals surface area contributed by atoms with Gasteiger partial charge in [0.15, 0.2) is 0 Å². The third-order valence-corrected chi connectivity index (χ3v) is 1.45. The van der Waals surface area contributed by atoms with Gasteiger partial charge in [0.05, 0.1) is 0 Å². The van der Waals surface area contributed by atoms with Gasteiger partial charge in [0.25, 0.3) is 5.91 Å². The molecule has 0 saturated carbocycles. The molecule has 0 aliphatic heterocycles. The molecule has 2 N–H and O–H groups in total. The molecule has 0 atom stereocenters. The first-order valence-corrected chi connectivity index (χ1v) is 3.65. The highest BCUT2D eigenvalue weighted by Gasteiger charge is 2.04. The summed E-state index contributed by atoms with van der Waals surface area (Å²) in [5.74, 6) is 2.87. The van der Waals surface area contributed by atoms with E-state index < -0.39 is 11.7 Å². The number of nitrogens with two attached hydrogens (primary N) is 1.